The highest BCUT2D eigenvalue weighted by Gasteiger charge is 2.33. The van der Waals surface area contributed by atoms with Crippen LogP contribution in [0.2, 0.25) is 0 Å². The van der Waals surface area contributed by atoms with Crippen LogP contribution in [0.15, 0.2) is 0 Å². The predicted molar refractivity (Wildman–Crippen MR) is 63.7 cm³/mol. The van der Waals surface area contributed by atoms with Crippen LogP contribution < -0.4 is 5.73 Å². The van der Waals surface area contributed by atoms with Crippen molar-refractivity contribution in [3.63, 3.8) is 0 Å². The van der Waals surface area contributed by atoms with Crippen LogP contribution in [0.4, 0.5) is 0 Å². The Bertz CT molecular complexity index is 192. The highest BCUT2D eigenvalue weighted by molar-refractivity contribution is 7.99. The fraction of sp³-hybridized carbons (Fsp3) is 1.00. The zero-order valence-corrected chi connectivity index (χ0v) is 9.98. The average Bonchev–Trinajstić information content (AvgIpc) is 2.14. The van der Waals surface area contributed by atoms with Crippen molar-refractivity contribution in [2.75, 3.05) is 24.6 Å². The highest BCUT2D eigenvalue weighted by Crippen LogP contribution is 2.32. The Kier molecular flexibility index (Phi) is 3.40. The van der Waals surface area contributed by atoms with Gasteiger partial charge in [-0.15, -0.1) is 0 Å². The molecule has 1 aliphatic carbocycles. The lowest BCUT2D eigenvalue weighted by Gasteiger charge is -2.41. The van der Waals surface area contributed by atoms with E-state index in [1.165, 1.54) is 50.3 Å². The molecule has 0 spiro atoms. The van der Waals surface area contributed by atoms with Gasteiger partial charge in [0.1, 0.15) is 0 Å². The monoisotopic (exact) mass is 214 g/mol. The molecule has 1 saturated heterocycles. The Balaban J connectivity index is 1.73. The zero-order chi connectivity index (χ0) is 10.0. The molecule has 82 valence electrons. The second-order valence-electron chi connectivity index (χ2n) is 4.93. The molecule has 1 aliphatic heterocycles. The minimum absolute atomic E-state index is 0.213. The van der Waals surface area contributed by atoms with Gasteiger partial charge in [-0.3, -0.25) is 4.90 Å². The van der Waals surface area contributed by atoms with E-state index >= 15 is 0 Å². The lowest BCUT2D eigenvalue weighted by atomic mass is 9.75. The van der Waals surface area contributed by atoms with Gasteiger partial charge in [0.25, 0.3) is 0 Å². The number of hydrogen-bond donors (Lipinski definition) is 1. The minimum Gasteiger partial charge on any atom is -0.325 e. The number of nitrogens with zero attached hydrogens (tertiary/aromatic N) is 1. The van der Waals surface area contributed by atoms with Gasteiger partial charge in [0.2, 0.25) is 0 Å². The number of rotatable bonds is 3. The van der Waals surface area contributed by atoms with Crippen molar-refractivity contribution in [1.29, 1.82) is 0 Å². The molecule has 0 aromatic rings. The van der Waals surface area contributed by atoms with Crippen LogP contribution in [0.25, 0.3) is 0 Å². The maximum absolute atomic E-state index is 6.23. The number of hydrogen-bond acceptors (Lipinski definition) is 3. The molecule has 0 aromatic heterocycles. The first-order valence-electron chi connectivity index (χ1n) is 5.80. The van der Waals surface area contributed by atoms with Crippen molar-refractivity contribution in [3.8, 4) is 0 Å². The van der Waals surface area contributed by atoms with Gasteiger partial charge in [0.05, 0.1) is 0 Å². The quantitative estimate of drug-likeness (QED) is 0.775. The summed E-state index contributed by atoms with van der Waals surface area (Å²) in [7, 11) is 0. The van der Waals surface area contributed by atoms with Crippen molar-refractivity contribution in [2.45, 2.75) is 44.2 Å². The van der Waals surface area contributed by atoms with Gasteiger partial charge in [-0.05, 0) is 32.6 Å². The first-order chi connectivity index (χ1) is 6.70. The molecule has 0 aromatic carbocycles. The average molecular weight is 214 g/mol. The summed E-state index contributed by atoms with van der Waals surface area (Å²) in [6, 6.07) is 0.762. The van der Waals surface area contributed by atoms with E-state index in [0.29, 0.717) is 0 Å². The Morgan fingerprint density at radius 3 is 2.86 bits per heavy atom. The van der Waals surface area contributed by atoms with Gasteiger partial charge in [-0.1, -0.05) is 0 Å². The van der Waals surface area contributed by atoms with Crippen LogP contribution >= 0.6 is 11.8 Å². The Morgan fingerprint density at radius 1 is 1.50 bits per heavy atom. The fourth-order valence-electron chi connectivity index (χ4n) is 2.34. The van der Waals surface area contributed by atoms with Crippen LogP contribution in [-0.2, 0) is 0 Å². The third-order valence-corrected chi connectivity index (χ3v) is 4.94. The molecular formula is C11H22N2S. The predicted octanol–water partition coefficient (Wildman–Crippen LogP) is 1.70. The van der Waals surface area contributed by atoms with Gasteiger partial charge in [-0.25, -0.2) is 0 Å². The molecule has 2 fully saturated rings. The molecule has 3 heteroatoms. The lowest BCUT2D eigenvalue weighted by molar-refractivity contribution is 0.164. The summed E-state index contributed by atoms with van der Waals surface area (Å²) in [6.45, 7) is 4.83. The van der Waals surface area contributed by atoms with Crippen LogP contribution in [0.1, 0.15) is 32.6 Å². The van der Waals surface area contributed by atoms with Crippen molar-refractivity contribution < 1.29 is 0 Å². The smallest absolute Gasteiger partial charge is 0.0166 e. The van der Waals surface area contributed by atoms with Crippen LogP contribution in [0.3, 0.4) is 0 Å². The van der Waals surface area contributed by atoms with Gasteiger partial charge >= 0.3 is 0 Å². The summed E-state index contributed by atoms with van der Waals surface area (Å²) < 4.78 is 0. The topological polar surface area (TPSA) is 29.3 Å². The molecule has 1 unspecified atom stereocenters. The maximum atomic E-state index is 6.23. The van der Waals surface area contributed by atoms with E-state index in [1.54, 1.807) is 0 Å². The van der Waals surface area contributed by atoms with Crippen LogP contribution in [0, 0.1) is 0 Å². The molecule has 0 radical (unpaired) electrons. The summed E-state index contributed by atoms with van der Waals surface area (Å²) >= 11 is 2.09. The Morgan fingerprint density at radius 2 is 2.29 bits per heavy atom. The van der Waals surface area contributed by atoms with Gasteiger partial charge in [0, 0.05) is 36.2 Å². The van der Waals surface area contributed by atoms with Crippen molar-refractivity contribution in [2.24, 2.45) is 5.73 Å². The van der Waals surface area contributed by atoms with Crippen molar-refractivity contribution in [3.05, 3.63) is 0 Å². The first-order valence-corrected chi connectivity index (χ1v) is 6.96. The van der Waals surface area contributed by atoms with E-state index in [2.05, 4.69) is 23.6 Å². The summed E-state index contributed by atoms with van der Waals surface area (Å²) in [5, 5.41) is 0. The largest absolute Gasteiger partial charge is 0.325 e. The molecule has 1 heterocycles. The molecule has 2 nitrogen and oxygen atoms in total. The number of nitrogens with two attached hydrogens (primary N) is 1. The lowest BCUT2D eigenvalue weighted by Crippen LogP contribution is -2.50. The highest BCUT2D eigenvalue weighted by atomic mass is 32.2. The normalized spacial score (nSPS) is 32.6. The van der Waals surface area contributed by atoms with Gasteiger partial charge in [0.15, 0.2) is 0 Å². The molecule has 2 aliphatic rings. The molecule has 14 heavy (non-hydrogen) atoms. The molecular weight excluding hydrogens is 192 g/mol. The van der Waals surface area contributed by atoms with Crippen LogP contribution in [-0.4, -0.2) is 41.1 Å². The third-order valence-electron chi connectivity index (χ3n) is 3.75. The Hall–Kier alpha value is 0.270. The SMILES string of the molecule is CC1CSCCN1CCC1(N)CCC1. The second kappa shape index (κ2) is 4.42. The van der Waals surface area contributed by atoms with E-state index < -0.39 is 0 Å². The first kappa shape index (κ1) is 10.8. The van der Waals surface area contributed by atoms with Gasteiger partial charge in [-0.2, -0.15) is 11.8 Å². The fourth-order valence-corrected chi connectivity index (χ4v) is 3.42. The second-order valence-corrected chi connectivity index (χ2v) is 6.08. The minimum atomic E-state index is 0.213. The van der Waals surface area contributed by atoms with E-state index in [1.807, 2.05) is 0 Å². The van der Waals surface area contributed by atoms with Crippen LogP contribution in [0.5, 0.6) is 0 Å². The standard InChI is InChI=1S/C11H22N2S/c1-10-9-14-8-7-13(10)6-5-11(12)3-2-4-11/h10H,2-9,12H2,1H3. The number of thioether (sulfide) groups is 1. The molecule has 1 atom stereocenters. The van der Waals surface area contributed by atoms with Crippen molar-refractivity contribution >= 4 is 11.8 Å². The van der Waals surface area contributed by atoms with E-state index in [9.17, 15) is 0 Å². The molecule has 2 rings (SSSR count). The maximum Gasteiger partial charge on any atom is 0.0166 e. The Labute approximate surface area is 91.6 Å². The molecule has 1 saturated carbocycles. The van der Waals surface area contributed by atoms with E-state index in [-0.39, 0.29) is 5.54 Å². The molecule has 0 bridgehead atoms. The summed E-state index contributed by atoms with van der Waals surface area (Å²) in [4.78, 5) is 2.61. The summed E-state index contributed by atoms with van der Waals surface area (Å²) in [6.07, 6.45) is 5.07. The summed E-state index contributed by atoms with van der Waals surface area (Å²) in [5.41, 5.74) is 6.45. The summed E-state index contributed by atoms with van der Waals surface area (Å²) in [5.74, 6) is 2.61. The van der Waals surface area contributed by atoms with Crippen molar-refractivity contribution in [1.82, 2.24) is 4.90 Å². The third kappa shape index (κ3) is 2.44. The molecule has 2 N–H and O–H groups in total. The van der Waals surface area contributed by atoms with Gasteiger partial charge < -0.3 is 5.73 Å². The van der Waals surface area contributed by atoms with E-state index in [0.717, 1.165) is 6.04 Å². The zero-order valence-electron chi connectivity index (χ0n) is 9.17. The van der Waals surface area contributed by atoms with E-state index in [4.69, 9.17) is 5.73 Å². The molecule has 0 amide bonds.